The number of aryl methyl sites for hydroxylation is 1. The van der Waals surface area contributed by atoms with Gasteiger partial charge in [-0.25, -0.2) is 13.4 Å². The highest BCUT2D eigenvalue weighted by atomic mass is 79.9. The number of hydrogen-bond donors (Lipinski definition) is 0. The van der Waals surface area contributed by atoms with E-state index in [4.69, 9.17) is 4.74 Å². The molecule has 0 amide bonds. The van der Waals surface area contributed by atoms with Crippen LogP contribution in [0, 0.1) is 0 Å². The van der Waals surface area contributed by atoms with Gasteiger partial charge in [0.2, 0.25) is 10.0 Å². The highest BCUT2D eigenvalue weighted by Gasteiger charge is 2.36. The third-order valence-electron chi connectivity index (χ3n) is 6.12. The Morgan fingerprint density at radius 2 is 1.91 bits per heavy atom. The zero-order valence-electron chi connectivity index (χ0n) is 19.0. The lowest BCUT2D eigenvalue weighted by molar-refractivity contribution is 0.242. The number of ether oxygens (including phenoxy) is 1. The summed E-state index contributed by atoms with van der Waals surface area (Å²) in [7, 11) is -3.56. The molecule has 0 aliphatic carbocycles. The molecule has 1 aliphatic rings. The first-order chi connectivity index (χ1) is 15.2. The fraction of sp³-hybridized carbons (Fsp3) is 0.458. The second-order valence-corrected chi connectivity index (χ2v) is 11.4. The maximum Gasteiger partial charge on any atom is 0.243 e. The zero-order chi connectivity index (χ0) is 23.0. The molecule has 3 aromatic rings. The summed E-state index contributed by atoms with van der Waals surface area (Å²) in [6, 6.07) is 10.7. The van der Waals surface area contributed by atoms with E-state index >= 15 is 0 Å². The molecule has 0 saturated carbocycles. The summed E-state index contributed by atoms with van der Waals surface area (Å²) in [4.78, 5) is 4.98. The number of rotatable bonds is 6. The molecule has 1 aliphatic heterocycles. The Balaban J connectivity index is 1.55. The van der Waals surface area contributed by atoms with E-state index in [0.29, 0.717) is 23.1 Å². The van der Waals surface area contributed by atoms with Crippen molar-refractivity contribution < 1.29 is 13.2 Å². The van der Waals surface area contributed by atoms with Gasteiger partial charge in [0.1, 0.15) is 16.0 Å². The number of piperidine rings is 1. The number of benzene rings is 1. The number of fused-ring (bicyclic) bond motifs is 1. The van der Waals surface area contributed by atoms with E-state index in [9.17, 15) is 8.42 Å². The van der Waals surface area contributed by atoms with Gasteiger partial charge < -0.3 is 9.30 Å². The average molecular weight is 520 g/mol. The average Bonchev–Trinajstić information content (AvgIpc) is 3.11. The molecule has 2 atom stereocenters. The van der Waals surface area contributed by atoms with Crippen molar-refractivity contribution in [1.82, 2.24) is 13.9 Å². The number of aromatic nitrogens is 2. The first-order valence-electron chi connectivity index (χ1n) is 11.1. The molecule has 6 nitrogen and oxygen atoms in total. The Hall–Kier alpha value is -1.90. The minimum absolute atomic E-state index is 0.0477. The van der Waals surface area contributed by atoms with Crippen LogP contribution in [0.15, 0.2) is 52.1 Å². The van der Waals surface area contributed by atoms with Crippen molar-refractivity contribution in [3.63, 3.8) is 0 Å². The number of hydrogen-bond acceptors (Lipinski definition) is 4. The van der Waals surface area contributed by atoms with E-state index in [1.165, 1.54) is 5.56 Å². The van der Waals surface area contributed by atoms with Crippen LogP contribution in [0.25, 0.3) is 11.0 Å². The molecule has 1 fully saturated rings. The van der Waals surface area contributed by atoms with E-state index in [-0.39, 0.29) is 12.1 Å². The lowest BCUT2D eigenvalue weighted by atomic mass is 9.87. The van der Waals surface area contributed by atoms with Gasteiger partial charge in [0.05, 0.1) is 11.0 Å². The van der Waals surface area contributed by atoms with Crippen molar-refractivity contribution in [3.05, 3.63) is 52.8 Å². The lowest BCUT2D eigenvalue weighted by Gasteiger charge is -2.36. The Kier molecular flexibility index (Phi) is 6.66. The molecule has 0 radical (unpaired) electrons. The molecule has 0 N–H and O–H groups in total. The fourth-order valence-corrected chi connectivity index (χ4v) is 6.58. The van der Waals surface area contributed by atoms with Crippen molar-refractivity contribution in [2.75, 3.05) is 6.54 Å². The predicted octanol–water partition coefficient (Wildman–Crippen LogP) is 5.56. The van der Waals surface area contributed by atoms with Gasteiger partial charge in [-0.15, -0.1) is 0 Å². The van der Waals surface area contributed by atoms with Gasteiger partial charge in [-0.05, 0) is 104 Å². The summed E-state index contributed by atoms with van der Waals surface area (Å²) >= 11 is 3.47. The topological polar surface area (TPSA) is 64.4 Å². The van der Waals surface area contributed by atoms with Crippen molar-refractivity contribution >= 4 is 37.0 Å². The van der Waals surface area contributed by atoms with Crippen LogP contribution in [0.4, 0.5) is 0 Å². The van der Waals surface area contributed by atoms with Gasteiger partial charge in [0.15, 0.2) is 0 Å². The summed E-state index contributed by atoms with van der Waals surface area (Å²) < 4.78 is 37.0. The molecular weight excluding hydrogens is 490 g/mol. The predicted molar refractivity (Wildman–Crippen MR) is 131 cm³/mol. The smallest absolute Gasteiger partial charge is 0.243 e. The second kappa shape index (κ2) is 9.15. The summed E-state index contributed by atoms with van der Waals surface area (Å²) in [5.74, 6) is 0.981. The number of nitrogens with zero attached hydrogens (tertiary/aromatic N) is 3. The van der Waals surface area contributed by atoms with Crippen LogP contribution in [0.2, 0.25) is 0 Å². The Bertz CT molecular complexity index is 1210. The van der Waals surface area contributed by atoms with E-state index in [2.05, 4.69) is 44.7 Å². The summed E-state index contributed by atoms with van der Waals surface area (Å²) in [6.45, 7) is 9.36. The Labute approximate surface area is 198 Å². The van der Waals surface area contributed by atoms with E-state index in [0.717, 1.165) is 35.0 Å². The van der Waals surface area contributed by atoms with E-state index in [1.54, 1.807) is 28.6 Å². The van der Waals surface area contributed by atoms with Crippen LogP contribution < -0.4 is 4.74 Å². The molecule has 172 valence electrons. The summed E-state index contributed by atoms with van der Waals surface area (Å²) in [5, 5.41) is 1.16. The maximum atomic E-state index is 13.3. The van der Waals surface area contributed by atoms with Crippen molar-refractivity contribution in [1.29, 1.82) is 0 Å². The molecule has 32 heavy (non-hydrogen) atoms. The minimum atomic E-state index is -3.56. The van der Waals surface area contributed by atoms with E-state index in [1.807, 2.05) is 26.8 Å². The molecule has 1 saturated heterocycles. The van der Waals surface area contributed by atoms with Crippen LogP contribution in [0.1, 0.15) is 52.0 Å². The molecular formula is C24H30BrN3O3S. The zero-order valence-corrected chi connectivity index (χ0v) is 21.4. The second-order valence-electron chi connectivity index (χ2n) is 8.70. The Morgan fingerprint density at radius 3 is 2.53 bits per heavy atom. The molecule has 0 bridgehead atoms. The van der Waals surface area contributed by atoms with Crippen molar-refractivity contribution in [2.24, 2.45) is 0 Å². The first-order valence-corrected chi connectivity index (χ1v) is 13.4. The van der Waals surface area contributed by atoms with Crippen LogP contribution in [-0.4, -0.2) is 41.0 Å². The molecule has 2 aromatic heterocycles. The standard InChI is InChI=1S/C24H30BrN3O3S/c1-5-27-15-22(21-10-11-23(25)26-24(21)27)18-12-13-28(17(4)14-18)32(29,30)20-8-6-19(7-9-20)31-16(2)3/h6-11,15-18H,5,12-14H2,1-4H3. The van der Waals surface area contributed by atoms with Crippen LogP contribution >= 0.6 is 15.9 Å². The van der Waals surface area contributed by atoms with Gasteiger partial charge in [-0.3, -0.25) is 0 Å². The highest BCUT2D eigenvalue weighted by Crippen LogP contribution is 2.38. The van der Waals surface area contributed by atoms with Gasteiger partial charge >= 0.3 is 0 Å². The molecule has 0 spiro atoms. The lowest BCUT2D eigenvalue weighted by Crippen LogP contribution is -2.43. The van der Waals surface area contributed by atoms with Crippen LogP contribution in [0.3, 0.4) is 0 Å². The largest absolute Gasteiger partial charge is 0.491 e. The van der Waals surface area contributed by atoms with Gasteiger partial charge in [0, 0.05) is 30.7 Å². The molecule has 4 rings (SSSR count). The maximum absolute atomic E-state index is 13.3. The fourth-order valence-electron chi connectivity index (χ4n) is 4.62. The molecule has 8 heteroatoms. The molecule has 1 aromatic carbocycles. The SMILES string of the molecule is CCn1cc(C2CCN(S(=O)(=O)c3ccc(OC(C)C)cc3)C(C)C2)c2ccc(Br)nc21. The summed E-state index contributed by atoms with van der Waals surface area (Å²) in [6.07, 6.45) is 3.81. The molecule has 3 heterocycles. The third-order valence-corrected chi connectivity index (χ3v) is 8.59. The molecule has 2 unspecified atom stereocenters. The van der Waals surface area contributed by atoms with Gasteiger partial charge in [-0.1, -0.05) is 0 Å². The first kappa shape index (κ1) is 23.3. The van der Waals surface area contributed by atoms with Crippen LogP contribution in [0.5, 0.6) is 5.75 Å². The van der Waals surface area contributed by atoms with Gasteiger partial charge in [-0.2, -0.15) is 4.31 Å². The van der Waals surface area contributed by atoms with E-state index < -0.39 is 10.0 Å². The Morgan fingerprint density at radius 1 is 1.19 bits per heavy atom. The van der Waals surface area contributed by atoms with Gasteiger partial charge in [0.25, 0.3) is 0 Å². The van der Waals surface area contributed by atoms with Crippen molar-refractivity contribution in [3.8, 4) is 5.75 Å². The number of halogens is 1. The highest BCUT2D eigenvalue weighted by molar-refractivity contribution is 9.10. The third kappa shape index (κ3) is 4.45. The number of pyridine rings is 1. The normalized spacial score (nSPS) is 20.2. The quantitative estimate of drug-likeness (QED) is 0.399. The van der Waals surface area contributed by atoms with Crippen molar-refractivity contribution in [2.45, 2.75) is 70.0 Å². The number of sulfonamides is 1. The monoisotopic (exact) mass is 519 g/mol. The van der Waals surface area contributed by atoms with Crippen LogP contribution in [-0.2, 0) is 16.6 Å². The minimum Gasteiger partial charge on any atom is -0.491 e. The summed E-state index contributed by atoms with van der Waals surface area (Å²) in [5.41, 5.74) is 2.24.